The molecule has 0 atom stereocenters. The van der Waals surface area contributed by atoms with Crippen LogP contribution in [0, 0.1) is 0 Å². The lowest BCUT2D eigenvalue weighted by molar-refractivity contribution is 0.185. The van der Waals surface area contributed by atoms with E-state index in [1.54, 1.807) is 6.33 Å². The van der Waals surface area contributed by atoms with Crippen LogP contribution in [0.25, 0.3) is 11.1 Å². The smallest absolute Gasteiger partial charge is 0.317 e. The summed E-state index contributed by atoms with van der Waals surface area (Å²) < 4.78 is 0. The number of rotatable bonds is 3. The van der Waals surface area contributed by atoms with E-state index in [1.165, 1.54) is 0 Å². The molecule has 2 aliphatic heterocycles. The molecule has 0 bridgehead atoms. The third kappa shape index (κ3) is 2.16. The maximum Gasteiger partial charge on any atom is 0.317 e. The number of amides is 2. The number of nitrogens with zero attached hydrogens (tertiary/aromatic N) is 4. The highest BCUT2D eigenvalue weighted by atomic mass is 16.2. The molecular formula is C16H17N5O. The van der Waals surface area contributed by atoms with Crippen molar-refractivity contribution in [2.24, 2.45) is 0 Å². The number of urea groups is 1. The molecule has 2 fully saturated rings. The molecule has 2 aromatic rings. The number of nitrogens with one attached hydrogen (secondary N) is 1. The first-order chi connectivity index (χ1) is 10.8. The van der Waals surface area contributed by atoms with Gasteiger partial charge in [-0.25, -0.2) is 14.8 Å². The monoisotopic (exact) mass is 295 g/mol. The molecule has 0 radical (unpaired) electrons. The van der Waals surface area contributed by atoms with Crippen molar-refractivity contribution in [2.45, 2.75) is 6.04 Å². The van der Waals surface area contributed by atoms with E-state index in [0.717, 1.165) is 43.1 Å². The largest absolute Gasteiger partial charge is 0.352 e. The topological polar surface area (TPSA) is 61.4 Å². The standard InChI is InChI=1S/C16H17N5O/c22-16-18-6-7-21(16)13-9-20(10-13)15-14(8-17-11-19-15)12-4-2-1-3-5-12/h1-5,8,11,13H,6-7,9-10H2,(H,18,22). The summed E-state index contributed by atoms with van der Waals surface area (Å²) in [6.07, 6.45) is 3.44. The molecule has 1 N–H and O–H groups in total. The number of hydrogen-bond donors (Lipinski definition) is 1. The van der Waals surface area contributed by atoms with Crippen LogP contribution < -0.4 is 10.2 Å². The van der Waals surface area contributed by atoms with Crippen molar-refractivity contribution < 1.29 is 4.79 Å². The first kappa shape index (κ1) is 13.1. The van der Waals surface area contributed by atoms with Crippen molar-refractivity contribution in [1.29, 1.82) is 0 Å². The highest BCUT2D eigenvalue weighted by Crippen LogP contribution is 2.31. The molecule has 2 aliphatic rings. The van der Waals surface area contributed by atoms with Crippen LogP contribution in [0.2, 0.25) is 0 Å². The zero-order valence-corrected chi connectivity index (χ0v) is 12.1. The lowest BCUT2D eigenvalue weighted by Gasteiger charge is -2.44. The molecule has 1 aromatic carbocycles. The van der Waals surface area contributed by atoms with E-state index in [-0.39, 0.29) is 12.1 Å². The third-order valence-electron chi connectivity index (χ3n) is 4.27. The van der Waals surface area contributed by atoms with Gasteiger partial charge < -0.3 is 15.1 Å². The van der Waals surface area contributed by atoms with Crippen molar-refractivity contribution >= 4 is 11.8 Å². The predicted molar refractivity (Wildman–Crippen MR) is 83.6 cm³/mol. The van der Waals surface area contributed by atoms with Crippen molar-refractivity contribution in [3.05, 3.63) is 42.9 Å². The molecule has 112 valence electrons. The van der Waals surface area contributed by atoms with Crippen molar-refractivity contribution in [3.8, 4) is 11.1 Å². The van der Waals surface area contributed by atoms with Gasteiger partial charge in [-0.2, -0.15) is 0 Å². The van der Waals surface area contributed by atoms with Crippen molar-refractivity contribution in [3.63, 3.8) is 0 Å². The van der Waals surface area contributed by atoms with Crippen LogP contribution in [0.5, 0.6) is 0 Å². The Bertz CT molecular complexity index is 684. The molecule has 4 rings (SSSR count). The Morgan fingerprint density at radius 3 is 2.73 bits per heavy atom. The Morgan fingerprint density at radius 1 is 1.18 bits per heavy atom. The molecule has 0 spiro atoms. The second-order valence-electron chi connectivity index (χ2n) is 5.61. The average molecular weight is 295 g/mol. The van der Waals surface area contributed by atoms with Gasteiger partial charge in [-0.05, 0) is 5.56 Å². The zero-order chi connectivity index (χ0) is 14.9. The number of benzene rings is 1. The number of aromatic nitrogens is 2. The summed E-state index contributed by atoms with van der Waals surface area (Å²) in [5, 5.41) is 2.85. The first-order valence-electron chi connectivity index (χ1n) is 7.48. The van der Waals surface area contributed by atoms with Crippen LogP contribution in [0.4, 0.5) is 10.6 Å². The summed E-state index contributed by atoms with van der Waals surface area (Å²) in [7, 11) is 0. The summed E-state index contributed by atoms with van der Waals surface area (Å²) in [5.41, 5.74) is 2.15. The van der Waals surface area contributed by atoms with Gasteiger partial charge in [0.25, 0.3) is 0 Å². The molecule has 22 heavy (non-hydrogen) atoms. The fourth-order valence-corrected chi connectivity index (χ4v) is 3.06. The van der Waals surface area contributed by atoms with Gasteiger partial charge in [0.2, 0.25) is 0 Å². The maximum absolute atomic E-state index is 11.7. The van der Waals surface area contributed by atoms with Gasteiger partial charge in [0, 0.05) is 37.9 Å². The van der Waals surface area contributed by atoms with Gasteiger partial charge in [0.05, 0.1) is 6.04 Å². The molecule has 0 aliphatic carbocycles. The highest BCUT2D eigenvalue weighted by Gasteiger charge is 2.37. The molecule has 6 nitrogen and oxygen atoms in total. The first-order valence-corrected chi connectivity index (χ1v) is 7.48. The van der Waals surface area contributed by atoms with E-state index in [9.17, 15) is 4.79 Å². The minimum absolute atomic E-state index is 0.0515. The van der Waals surface area contributed by atoms with E-state index >= 15 is 0 Å². The van der Waals surface area contributed by atoms with Crippen LogP contribution in [-0.4, -0.2) is 53.1 Å². The molecule has 0 unspecified atom stereocenters. The Balaban J connectivity index is 1.54. The van der Waals surface area contributed by atoms with Gasteiger partial charge in [-0.15, -0.1) is 0 Å². The van der Waals surface area contributed by atoms with Gasteiger partial charge in [-0.1, -0.05) is 30.3 Å². The summed E-state index contributed by atoms with van der Waals surface area (Å²) in [5.74, 6) is 0.942. The second kappa shape index (κ2) is 5.29. The van der Waals surface area contributed by atoms with E-state index in [4.69, 9.17) is 0 Å². The van der Waals surface area contributed by atoms with E-state index in [0.29, 0.717) is 0 Å². The van der Waals surface area contributed by atoms with Crippen LogP contribution in [0.15, 0.2) is 42.9 Å². The average Bonchev–Trinajstić information content (AvgIpc) is 2.93. The maximum atomic E-state index is 11.7. The minimum atomic E-state index is 0.0515. The van der Waals surface area contributed by atoms with Crippen LogP contribution in [0.3, 0.4) is 0 Å². The molecule has 0 saturated carbocycles. The number of anilines is 1. The van der Waals surface area contributed by atoms with E-state index < -0.39 is 0 Å². The summed E-state index contributed by atoms with van der Waals surface area (Å²) in [6.45, 7) is 3.19. The molecular weight excluding hydrogens is 278 g/mol. The van der Waals surface area contributed by atoms with E-state index in [2.05, 4.69) is 32.3 Å². The van der Waals surface area contributed by atoms with Gasteiger partial charge in [0.1, 0.15) is 12.1 Å². The zero-order valence-electron chi connectivity index (χ0n) is 12.1. The SMILES string of the molecule is O=C1NCCN1C1CN(c2ncncc2-c2ccccc2)C1. The fourth-order valence-electron chi connectivity index (χ4n) is 3.06. The Morgan fingerprint density at radius 2 is 2.00 bits per heavy atom. The van der Waals surface area contributed by atoms with Crippen molar-refractivity contribution in [2.75, 3.05) is 31.1 Å². The number of hydrogen-bond acceptors (Lipinski definition) is 4. The molecule has 1 aromatic heterocycles. The Labute approximate surface area is 128 Å². The molecule has 2 saturated heterocycles. The van der Waals surface area contributed by atoms with Crippen LogP contribution in [0.1, 0.15) is 0 Å². The van der Waals surface area contributed by atoms with Crippen LogP contribution in [-0.2, 0) is 0 Å². The van der Waals surface area contributed by atoms with Gasteiger partial charge in [-0.3, -0.25) is 0 Å². The highest BCUT2D eigenvalue weighted by molar-refractivity contribution is 5.78. The van der Waals surface area contributed by atoms with E-state index in [1.807, 2.05) is 29.3 Å². The van der Waals surface area contributed by atoms with Crippen LogP contribution >= 0.6 is 0 Å². The summed E-state index contributed by atoms with van der Waals surface area (Å²) in [4.78, 5) is 24.4. The van der Waals surface area contributed by atoms with Gasteiger partial charge >= 0.3 is 6.03 Å². The molecule has 3 heterocycles. The van der Waals surface area contributed by atoms with Crippen molar-refractivity contribution in [1.82, 2.24) is 20.2 Å². The quantitative estimate of drug-likeness (QED) is 0.928. The third-order valence-corrected chi connectivity index (χ3v) is 4.27. The Hall–Kier alpha value is -2.63. The second-order valence-corrected chi connectivity index (χ2v) is 5.61. The normalized spacial score (nSPS) is 18.3. The molecule has 2 amide bonds. The number of carbonyl (C=O) groups is 1. The lowest BCUT2D eigenvalue weighted by atomic mass is 10.0. The summed E-state index contributed by atoms with van der Waals surface area (Å²) >= 11 is 0. The predicted octanol–water partition coefficient (Wildman–Crippen LogP) is 1.36. The molecule has 6 heteroatoms. The minimum Gasteiger partial charge on any atom is -0.352 e. The van der Waals surface area contributed by atoms with Gasteiger partial charge in [0.15, 0.2) is 0 Å². The fraction of sp³-hybridized carbons (Fsp3) is 0.312. The summed E-state index contributed by atoms with van der Waals surface area (Å²) in [6, 6.07) is 10.5. The number of carbonyl (C=O) groups excluding carboxylic acids is 1. The Kier molecular flexibility index (Phi) is 3.14. The lowest BCUT2D eigenvalue weighted by Crippen LogP contribution is -2.60.